The minimum absolute atomic E-state index is 0.155. The number of nitrogens with one attached hydrogen (secondary N) is 1. The molecule has 1 aromatic carbocycles. The average Bonchev–Trinajstić information content (AvgIpc) is 2.57. The van der Waals surface area contributed by atoms with Crippen LogP contribution in [0.5, 0.6) is 0 Å². The van der Waals surface area contributed by atoms with Gasteiger partial charge < -0.3 is 10.2 Å². The van der Waals surface area contributed by atoms with Gasteiger partial charge >= 0.3 is 0 Å². The molecule has 0 aromatic heterocycles. The number of nitro benzene ring substituents is 2. The molecule has 9 heteroatoms. The Bertz CT molecular complexity index is 631. The summed E-state index contributed by atoms with van der Waals surface area (Å²) in [6.07, 6.45) is 1.63. The van der Waals surface area contributed by atoms with Gasteiger partial charge in [0.1, 0.15) is 5.56 Å². The van der Waals surface area contributed by atoms with Crippen LogP contribution < -0.4 is 5.32 Å². The largest absolute Gasteiger partial charge is 0.349 e. The molecule has 1 unspecified atom stereocenters. The quantitative estimate of drug-likeness (QED) is 0.511. The van der Waals surface area contributed by atoms with Crippen LogP contribution in [0.25, 0.3) is 0 Å². The maximum Gasteiger partial charge on any atom is 0.289 e. The summed E-state index contributed by atoms with van der Waals surface area (Å²) < 4.78 is 0. The normalized spacial score (nSPS) is 12.0. The molecule has 0 fully saturated rings. The van der Waals surface area contributed by atoms with Gasteiger partial charge in [-0.05, 0) is 45.5 Å². The highest BCUT2D eigenvalue weighted by Crippen LogP contribution is 2.24. The van der Waals surface area contributed by atoms with Gasteiger partial charge in [-0.15, -0.1) is 0 Å². The summed E-state index contributed by atoms with van der Waals surface area (Å²) in [5, 5.41) is 24.6. The molecule has 0 saturated carbocycles. The van der Waals surface area contributed by atoms with E-state index in [0.29, 0.717) is 0 Å². The lowest BCUT2D eigenvalue weighted by atomic mass is 10.1. The second-order valence-corrected chi connectivity index (χ2v) is 5.76. The van der Waals surface area contributed by atoms with Crippen molar-refractivity contribution < 1.29 is 14.6 Å². The zero-order valence-electron chi connectivity index (χ0n) is 14.7. The Hall–Kier alpha value is -2.55. The fourth-order valence-electron chi connectivity index (χ4n) is 2.51. The number of hydrogen-bond acceptors (Lipinski definition) is 6. The molecular formula is C16H24N4O5. The summed E-state index contributed by atoms with van der Waals surface area (Å²) in [7, 11) is 0. The number of nitrogens with zero attached hydrogens (tertiary/aromatic N) is 3. The maximum absolute atomic E-state index is 12.3. The molecule has 1 amide bonds. The summed E-state index contributed by atoms with van der Waals surface area (Å²) in [5.41, 5.74) is -1.16. The van der Waals surface area contributed by atoms with Gasteiger partial charge in [0, 0.05) is 12.1 Å². The summed E-state index contributed by atoms with van der Waals surface area (Å²) >= 11 is 0. The van der Waals surface area contributed by atoms with E-state index in [1.807, 2.05) is 6.92 Å². The highest BCUT2D eigenvalue weighted by atomic mass is 16.6. The number of carbonyl (C=O) groups excluding carboxylic acids is 1. The molecule has 0 radical (unpaired) electrons. The zero-order valence-corrected chi connectivity index (χ0v) is 14.7. The molecule has 0 bridgehead atoms. The van der Waals surface area contributed by atoms with Crippen molar-refractivity contribution in [3.63, 3.8) is 0 Å². The Kier molecular flexibility index (Phi) is 7.93. The van der Waals surface area contributed by atoms with Gasteiger partial charge in [-0.25, -0.2) is 0 Å². The van der Waals surface area contributed by atoms with Gasteiger partial charge in [0.25, 0.3) is 17.3 Å². The number of non-ortho nitro benzene ring substituents is 1. The number of nitro groups is 2. The molecule has 0 aliphatic carbocycles. The zero-order chi connectivity index (χ0) is 19.0. The minimum Gasteiger partial charge on any atom is -0.349 e. The van der Waals surface area contributed by atoms with Gasteiger partial charge in [0.15, 0.2) is 0 Å². The lowest BCUT2D eigenvalue weighted by Crippen LogP contribution is -2.34. The Morgan fingerprint density at radius 3 is 2.36 bits per heavy atom. The molecule has 0 aliphatic rings. The van der Waals surface area contributed by atoms with E-state index in [0.717, 1.165) is 50.7 Å². The molecule has 0 spiro atoms. The van der Waals surface area contributed by atoms with Crippen molar-refractivity contribution in [3.05, 3.63) is 44.0 Å². The van der Waals surface area contributed by atoms with Gasteiger partial charge in [-0.3, -0.25) is 25.0 Å². The Morgan fingerprint density at radius 1 is 1.20 bits per heavy atom. The van der Waals surface area contributed by atoms with Crippen molar-refractivity contribution in [2.24, 2.45) is 0 Å². The third-order valence-corrected chi connectivity index (χ3v) is 4.02. The molecule has 0 aliphatic heterocycles. The monoisotopic (exact) mass is 352 g/mol. The molecular weight excluding hydrogens is 328 g/mol. The number of carbonyl (C=O) groups is 1. The molecule has 0 heterocycles. The number of amides is 1. The molecule has 138 valence electrons. The highest BCUT2D eigenvalue weighted by molar-refractivity contribution is 5.98. The van der Waals surface area contributed by atoms with E-state index < -0.39 is 27.1 Å². The first-order valence-corrected chi connectivity index (χ1v) is 8.26. The van der Waals surface area contributed by atoms with Crippen LogP contribution in [0.4, 0.5) is 11.4 Å². The van der Waals surface area contributed by atoms with Gasteiger partial charge in [0.05, 0.1) is 15.9 Å². The van der Waals surface area contributed by atoms with Gasteiger partial charge in [-0.2, -0.15) is 0 Å². The average molecular weight is 352 g/mol. The molecule has 25 heavy (non-hydrogen) atoms. The van der Waals surface area contributed by atoms with Crippen LogP contribution in [-0.2, 0) is 0 Å². The fraction of sp³-hybridized carbons (Fsp3) is 0.562. The first-order chi connectivity index (χ1) is 11.8. The second kappa shape index (κ2) is 9.67. The van der Waals surface area contributed by atoms with Gasteiger partial charge in [0.2, 0.25) is 0 Å². The molecule has 1 atom stereocenters. The van der Waals surface area contributed by atoms with E-state index in [4.69, 9.17) is 0 Å². The summed E-state index contributed by atoms with van der Waals surface area (Å²) in [6.45, 7) is 8.85. The predicted molar refractivity (Wildman–Crippen MR) is 93.7 cm³/mol. The van der Waals surface area contributed by atoms with Crippen molar-refractivity contribution >= 4 is 17.3 Å². The van der Waals surface area contributed by atoms with Crippen LogP contribution in [0.1, 0.15) is 44.0 Å². The lowest BCUT2D eigenvalue weighted by Gasteiger charge is -2.19. The van der Waals surface area contributed by atoms with Crippen LogP contribution in [0, 0.1) is 20.2 Å². The first kappa shape index (κ1) is 20.5. The maximum atomic E-state index is 12.3. The smallest absolute Gasteiger partial charge is 0.289 e. The Morgan fingerprint density at radius 2 is 1.84 bits per heavy atom. The van der Waals surface area contributed by atoms with Crippen molar-refractivity contribution in [3.8, 4) is 0 Å². The summed E-state index contributed by atoms with van der Waals surface area (Å²) in [6, 6.07) is 2.86. The van der Waals surface area contributed by atoms with Crippen LogP contribution in [-0.4, -0.2) is 46.3 Å². The molecule has 1 N–H and O–H groups in total. The van der Waals surface area contributed by atoms with E-state index in [9.17, 15) is 25.0 Å². The first-order valence-electron chi connectivity index (χ1n) is 8.26. The molecule has 9 nitrogen and oxygen atoms in total. The van der Waals surface area contributed by atoms with E-state index >= 15 is 0 Å². The SMILES string of the molecule is CCN(CC)CCCC(C)NC(=O)c1ccc([N+](=O)[O-])cc1[N+](=O)[O-]. The van der Waals surface area contributed by atoms with Gasteiger partial charge in [-0.1, -0.05) is 13.8 Å². The van der Waals surface area contributed by atoms with E-state index in [2.05, 4.69) is 24.1 Å². The number of rotatable bonds is 10. The van der Waals surface area contributed by atoms with Crippen LogP contribution in [0.3, 0.4) is 0 Å². The third kappa shape index (κ3) is 6.11. The second-order valence-electron chi connectivity index (χ2n) is 5.76. The highest BCUT2D eigenvalue weighted by Gasteiger charge is 2.24. The number of benzene rings is 1. The van der Waals surface area contributed by atoms with Crippen molar-refractivity contribution in [1.82, 2.24) is 10.2 Å². The molecule has 0 saturated heterocycles. The lowest BCUT2D eigenvalue weighted by molar-refractivity contribution is -0.394. The van der Waals surface area contributed by atoms with Crippen molar-refractivity contribution in [1.29, 1.82) is 0 Å². The minimum atomic E-state index is -0.785. The predicted octanol–water partition coefficient (Wildman–Crippen LogP) is 2.74. The van der Waals surface area contributed by atoms with E-state index in [1.165, 1.54) is 0 Å². The van der Waals surface area contributed by atoms with Crippen molar-refractivity contribution in [2.75, 3.05) is 19.6 Å². The fourth-order valence-corrected chi connectivity index (χ4v) is 2.51. The number of hydrogen-bond donors (Lipinski definition) is 1. The third-order valence-electron chi connectivity index (χ3n) is 4.02. The Balaban J connectivity index is 2.73. The topological polar surface area (TPSA) is 119 Å². The molecule has 1 rings (SSSR count). The molecule has 1 aromatic rings. The van der Waals surface area contributed by atoms with Crippen LogP contribution in [0.2, 0.25) is 0 Å². The standard InChI is InChI=1S/C16H24N4O5/c1-4-18(5-2)10-6-7-12(3)17-16(21)14-9-8-13(19(22)23)11-15(14)20(24)25/h8-9,11-12H,4-7,10H2,1-3H3,(H,17,21). The Labute approximate surface area is 146 Å². The van der Waals surface area contributed by atoms with Crippen molar-refractivity contribution in [2.45, 2.75) is 39.7 Å². The van der Waals surface area contributed by atoms with Crippen LogP contribution in [0.15, 0.2) is 18.2 Å². The summed E-state index contributed by atoms with van der Waals surface area (Å²) in [4.78, 5) is 34.9. The van der Waals surface area contributed by atoms with Crippen LogP contribution >= 0.6 is 0 Å². The van der Waals surface area contributed by atoms with E-state index in [-0.39, 0.29) is 11.6 Å². The van der Waals surface area contributed by atoms with E-state index in [1.54, 1.807) is 0 Å². The summed E-state index contributed by atoms with van der Waals surface area (Å²) in [5.74, 6) is -0.600.